The molecular weight excluding hydrogens is 427 g/mol. The smallest absolute Gasteiger partial charge is 0.406 e. The second-order valence-electron chi connectivity index (χ2n) is 6.94. The molecule has 0 bridgehead atoms. The molecule has 0 aliphatic carbocycles. The number of hydrogen-bond donors (Lipinski definition) is 0. The summed E-state index contributed by atoms with van der Waals surface area (Å²) < 4.78 is 67.0. The summed E-state index contributed by atoms with van der Waals surface area (Å²) in [6.45, 7) is 1.64. The fourth-order valence-corrected chi connectivity index (χ4v) is 4.72. The topological polar surface area (TPSA) is 88.5 Å². The van der Waals surface area contributed by atoms with Gasteiger partial charge in [0.05, 0.1) is 10.6 Å². The van der Waals surface area contributed by atoms with Gasteiger partial charge in [-0.15, -0.1) is 13.2 Å². The Morgan fingerprint density at radius 1 is 1.03 bits per heavy atom. The van der Waals surface area contributed by atoms with Crippen LogP contribution < -0.4 is 4.74 Å². The Morgan fingerprint density at radius 3 is 2.20 bits per heavy atom. The van der Waals surface area contributed by atoms with E-state index in [4.69, 9.17) is 4.84 Å². The van der Waals surface area contributed by atoms with Crippen LogP contribution in [0.4, 0.5) is 13.2 Å². The molecule has 0 aromatic heterocycles. The molecule has 2 aliphatic heterocycles. The summed E-state index contributed by atoms with van der Waals surface area (Å²) >= 11 is 0. The van der Waals surface area contributed by atoms with E-state index in [9.17, 15) is 26.4 Å². The van der Waals surface area contributed by atoms with Crippen molar-refractivity contribution in [2.75, 3.05) is 32.8 Å². The number of hydrogen-bond acceptors (Lipinski definition) is 6. The zero-order valence-corrected chi connectivity index (χ0v) is 16.9. The van der Waals surface area contributed by atoms with Crippen LogP contribution in [0.25, 0.3) is 0 Å². The van der Waals surface area contributed by atoms with Gasteiger partial charge in [-0.2, -0.15) is 4.31 Å². The Morgan fingerprint density at radius 2 is 1.63 bits per heavy atom. The highest BCUT2D eigenvalue weighted by Crippen LogP contribution is 2.26. The standard InChI is InChI=1S/C18H22F3N3O5S/c19-18(20,21)29-15-3-5-16(6-4-15)30(26,27)24-11-7-14(8-12-24)22-28-13-17(25)23-9-1-2-10-23/h3-6H,1-2,7-13H2. The van der Waals surface area contributed by atoms with Crippen molar-refractivity contribution in [2.45, 2.75) is 36.9 Å². The number of nitrogens with zero attached hydrogens (tertiary/aromatic N) is 3. The van der Waals surface area contributed by atoms with Gasteiger partial charge in [0.25, 0.3) is 5.91 Å². The number of sulfonamides is 1. The maximum Gasteiger partial charge on any atom is 0.573 e. The van der Waals surface area contributed by atoms with E-state index >= 15 is 0 Å². The lowest BCUT2D eigenvalue weighted by atomic mass is 10.1. The number of benzene rings is 1. The second-order valence-corrected chi connectivity index (χ2v) is 8.88. The molecule has 2 fully saturated rings. The van der Waals surface area contributed by atoms with Crippen molar-refractivity contribution in [3.63, 3.8) is 0 Å². The predicted molar refractivity (Wildman–Crippen MR) is 100 cm³/mol. The lowest BCUT2D eigenvalue weighted by Crippen LogP contribution is -2.38. The highest BCUT2D eigenvalue weighted by atomic mass is 32.2. The van der Waals surface area contributed by atoms with Gasteiger partial charge in [0, 0.05) is 39.0 Å². The van der Waals surface area contributed by atoms with E-state index in [-0.39, 0.29) is 30.5 Å². The van der Waals surface area contributed by atoms with Crippen molar-refractivity contribution in [3.05, 3.63) is 24.3 Å². The van der Waals surface area contributed by atoms with Gasteiger partial charge < -0.3 is 14.5 Å². The minimum Gasteiger partial charge on any atom is -0.406 e. The Balaban J connectivity index is 1.51. The summed E-state index contributed by atoms with van der Waals surface area (Å²) in [6.07, 6.45) is -2.19. The van der Waals surface area contributed by atoms with Crippen molar-refractivity contribution in [1.82, 2.24) is 9.21 Å². The number of piperidine rings is 1. The first-order valence-electron chi connectivity index (χ1n) is 9.46. The van der Waals surface area contributed by atoms with E-state index in [0.717, 1.165) is 50.2 Å². The Kier molecular flexibility index (Phi) is 6.86. The van der Waals surface area contributed by atoms with Gasteiger partial charge in [0.1, 0.15) is 5.75 Å². The van der Waals surface area contributed by atoms with E-state index in [0.29, 0.717) is 18.6 Å². The number of rotatable bonds is 6. The van der Waals surface area contributed by atoms with Gasteiger partial charge in [-0.25, -0.2) is 8.42 Å². The maximum absolute atomic E-state index is 12.7. The molecule has 2 heterocycles. The van der Waals surface area contributed by atoms with Crippen molar-refractivity contribution < 1.29 is 36.0 Å². The quantitative estimate of drug-likeness (QED) is 0.623. The SMILES string of the molecule is O=C(CON=C1CCN(S(=O)(=O)c2ccc(OC(F)(F)F)cc2)CC1)N1CCCC1. The maximum atomic E-state index is 12.7. The van der Waals surface area contributed by atoms with Crippen molar-refractivity contribution in [3.8, 4) is 5.75 Å². The first kappa shape index (κ1) is 22.3. The van der Waals surface area contributed by atoms with Crippen LogP contribution in [-0.4, -0.2) is 68.4 Å². The molecule has 2 aliphatic rings. The molecule has 1 amide bonds. The van der Waals surface area contributed by atoms with Crippen molar-refractivity contribution >= 4 is 21.6 Å². The summed E-state index contributed by atoms with van der Waals surface area (Å²) in [4.78, 5) is 18.6. The van der Waals surface area contributed by atoms with Crippen LogP contribution in [0.3, 0.4) is 0 Å². The van der Waals surface area contributed by atoms with Crippen LogP contribution >= 0.6 is 0 Å². The number of likely N-dealkylation sites (tertiary alicyclic amines) is 1. The average molecular weight is 449 g/mol. The molecule has 166 valence electrons. The molecule has 8 nitrogen and oxygen atoms in total. The lowest BCUT2D eigenvalue weighted by molar-refractivity contribution is -0.274. The summed E-state index contributed by atoms with van der Waals surface area (Å²) in [5, 5.41) is 3.95. The number of alkyl halides is 3. The van der Waals surface area contributed by atoms with Crippen LogP contribution in [0.15, 0.2) is 34.3 Å². The third kappa shape index (κ3) is 5.85. The molecule has 1 aromatic carbocycles. The third-order valence-electron chi connectivity index (χ3n) is 4.84. The van der Waals surface area contributed by atoms with Gasteiger partial charge >= 0.3 is 6.36 Å². The highest BCUT2D eigenvalue weighted by molar-refractivity contribution is 7.89. The van der Waals surface area contributed by atoms with Gasteiger partial charge in [0.15, 0.2) is 6.61 Å². The van der Waals surface area contributed by atoms with Gasteiger partial charge in [-0.1, -0.05) is 5.16 Å². The molecule has 3 rings (SSSR count). The van der Waals surface area contributed by atoms with Crippen molar-refractivity contribution in [1.29, 1.82) is 0 Å². The van der Waals surface area contributed by atoms with E-state index in [1.807, 2.05) is 0 Å². The minimum atomic E-state index is -4.84. The van der Waals surface area contributed by atoms with Gasteiger partial charge in [-0.3, -0.25) is 4.79 Å². The van der Waals surface area contributed by atoms with E-state index < -0.39 is 22.1 Å². The predicted octanol–water partition coefficient (Wildman–Crippen LogP) is 2.36. The summed E-state index contributed by atoms with van der Waals surface area (Å²) in [7, 11) is -3.85. The highest BCUT2D eigenvalue weighted by Gasteiger charge is 2.32. The number of amides is 1. The number of halogens is 3. The molecule has 0 saturated carbocycles. The van der Waals surface area contributed by atoms with Crippen molar-refractivity contribution in [2.24, 2.45) is 5.16 Å². The van der Waals surface area contributed by atoms with E-state index in [1.165, 1.54) is 4.31 Å². The van der Waals surface area contributed by atoms with Gasteiger partial charge in [0.2, 0.25) is 10.0 Å². The molecule has 0 unspecified atom stereocenters. The molecule has 0 spiro atoms. The largest absolute Gasteiger partial charge is 0.573 e. The van der Waals surface area contributed by atoms with Crippen LogP contribution in [0.1, 0.15) is 25.7 Å². The monoisotopic (exact) mass is 449 g/mol. The fraction of sp³-hybridized carbons (Fsp3) is 0.556. The molecule has 0 N–H and O–H groups in total. The third-order valence-corrected chi connectivity index (χ3v) is 6.75. The van der Waals surface area contributed by atoms with Crippen LogP contribution in [-0.2, 0) is 19.7 Å². The Bertz CT molecular complexity index is 871. The second kappa shape index (κ2) is 9.21. The lowest BCUT2D eigenvalue weighted by Gasteiger charge is -2.26. The normalized spacial score (nSPS) is 18.4. The molecule has 0 radical (unpaired) electrons. The summed E-state index contributed by atoms with van der Waals surface area (Å²) in [5.41, 5.74) is 0.657. The Labute approximate surface area is 172 Å². The summed E-state index contributed by atoms with van der Waals surface area (Å²) in [5.74, 6) is -0.607. The van der Waals surface area contributed by atoms with E-state index in [2.05, 4.69) is 9.89 Å². The minimum absolute atomic E-state index is 0.116. The van der Waals surface area contributed by atoms with Crippen LogP contribution in [0, 0.1) is 0 Å². The Hall–Kier alpha value is -2.34. The van der Waals surface area contributed by atoms with Crippen LogP contribution in [0.5, 0.6) is 5.75 Å². The molecule has 12 heteroatoms. The zero-order chi connectivity index (χ0) is 21.8. The number of carbonyl (C=O) groups is 1. The molecule has 2 saturated heterocycles. The molecule has 1 aromatic rings. The number of oxime groups is 1. The number of carbonyl (C=O) groups excluding carboxylic acids is 1. The first-order valence-corrected chi connectivity index (χ1v) is 10.9. The number of ether oxygens (including phenoxy) is 1. The zero-order valence-electron chi connectivity index (χ0n) is 16.1. The van der Waals surface area contributed by atoms with E-state index in [1.54, 1.807) is 4.90 Å². The van der Waals surface area contributed by atoms with Gasteiger partial charge in [-0.05, 0) is 37.1 Å². The van der Waals surface area contributed by atoms with Crippen LogP contribution in [0.2, 0.25) is 0 Å². The average Bonchev–Trinajstić information content (AvgIpc) is 3.22. The molecule has 30 heavy (non-hydrogen) atoms. The molecule has 0 atom stereocenters. The molecular formula is C18H22F3N3O5S. The first-order chi connectivity index (χ1) is 14.1. The fourth-order valence-electron chi connectivity index (χ4n) is 3.27. The summed E-state index contributed by atoms with van der Waals surface area (Å²) in [6, 6.07) is 4.07.